The number of nitrogens with one attached hydrogen (secondary N) is 1. The molecule has 0 radical (unpaired) electrons. The summed E-state index contributed by atoms with van der Waals surface area (Å²) in [6.45, 7) is -0.104. The number of carbonyl (C=O) groups excluding carboxylic acids is 1. The van der Waals surface area contributed by atoms with Crippen molar-refractivity contribution in [3.63, 3.8) is 0 Å². The lowest BCUT2D eigenvalue weighted by molar-refractivity contribution is -0.118. The Kier molecular flexibility index (Phi) is 4.60. The first-order valence-electron chi connectivity index (χ1n) is 7.89. The molecular formula is C19H14ClN3O2S. The number of amides is 1. The van der Waals surface area contributed by atoms with Gasteiger partial charge in [-0.25, -0.2) is 4.98 Å². The monoisotopic (exact) mass is 383 g/mol. The van der Waals surface area contributed by atoms with E-state index in [-0.39, 0.29) is 12.5 Å². The smallest absolute Gasteiger partial charge is 0.262 e. The molecule has 0 saturated heterocycles. The average Bonchev–Trinajstić information content (AvgIpc) is 3.22. The van der Waals surface area contributed by atoms with Crippen LogP contribution in [0.1, 0.15) is 0 Å². The molecule has 1 amide bonds. The van der Waals surface area contributed by atoms with Gasteiger partial charge in [-0.05, 0) is 24.3 Å². The molecule has 2 heterocycles. The molecular weight excluding hydrogens is 370 g/mol. The maximum absolute atomic E-state index is 12.3. The highest BCUT2D eigenvalue weighted by atomic mass is 35.5. The van der Waals surface area contributed by atoms with Crippen LogP contribution in [0.5, 0.6) is 5.75 Å². The minimum absolute atomic E-state index is 0.104. The number of hydrogen-bond donors (Lipinski definition) is 1. The molecule has 0 saturated carbocycles. The molecule has 0 aliphatic carbocycles. The van der Waals surface area contributed by atoms with Gasteiger partial charge in [-0.3, -0.25) is 9.20 Å². The summed E-state index contributed by atoms with van der Waals surface area (Å²) in [6, 6.07) is 14.5. The zero-order chi connectivity index (χ0) is 17.9. The summed E-state index contributed by atoms with van der Waals surface area (Å²) in [4.78, 5) is 17.8. The molecule has 26 heavy (non-hydrogen) atoms. The summed E-state index contributed by atoms with van der Waals surface area (Å²) in [5.74, 6) is 0.300. The van der Waals surface area contributed by atoms with Gasteiger partial charge in [0.05, 0.1) is 11.4 Å². The summed E-state index contributed by atoms with van der Waals surface area (Å²) >= 11 is 7.48. The molecule has 130 valence electrons. The number of ether oxygens (including phenoxy) is 1. The maximum Gasteiger partial charge on any atom is 0.262 e. The molecule has 0 fully saturated rings. The van der Waals surface area contributed by atoms with Crippen molar-refractivity contribution in [1.29, 1.82) is 0 Å². The van der Waals surface area contributed by atoms with Crippen molar-refractivity contribution in [3.05, 3.63) is 71.3 Å². The fourth-order valence-electron chi connectivity index (χ4n) is 2.56. The second-order valence-corrected chi connectivity index (χ2v) is 6.87. The summed E-state index contributed by atoms with van der Waals surface area (Å²) in [6.07, 6.45) is 3.90. The summed E-state index contributed by atoms with van der Waals surface area (Å²) in [5.41, 5.74) is 2.36. The Bertz CT molecular complexity index is 1040. The zero-order valence-corrected chi connectivity index (χ0v) is 15.1. The summed E-state index contributed by atoms with van der Waals surface area (Å²) < 4.78 is 7.45. The third-order valence-corrected chi connectivity index (χ3v) is 4.74. The Morgan fingerprint density at radius 3 is 2.96 bits per heavy atom. The van der Waals surface area contributed by atoms with Gasteiger partial charge in [0.15, 0.2) is 11.6 Å². The van der Waals surface area contributed by atoms with E-state index in [1.54, 1.807) is 35.6 Å². The quantitative estimate of drug-likeness (QED) is 0.541. The van der Waals surface area contributed by atoms with E-state index in [1.807, 2.05) is 46.4 Å². The van der Waals surface area contributed by atoms with E-state index in [0.717, 1.165) is 16.2 Å². The molecule has 2 aromatic heterocycles. The van der Waals surface area contributed by atoms with Crippen molar-refractivity contribution in [2.75, 3.05) is 11.9 Å². The van der Waals surface area contributed by atoms with Gasteiger partial charge >= 0.3 is 0 Å². The van der Waals surface area contributed by atoms with Crippen molar-refractivity contribution in [2.45, 2.75) is 0 Å². The predicted octanol–water partition coefficient (Wildman–Crippen LogP) is 4.73. The number of aromatic nitrogens is 2. The third kappa shape index (κ3) is 3.56. The fourth-order valence-corrected chi connectivity index (χ4v) is 3.44. The molecule has 0 spiro atoms. The lowest BCUT2D eigenvalue weighted by atomic mass is 10.1. The Morgan fingerprint density at radius 2 is 2.12 bits per heavy atom. The van der Waals surface area contributed by atoms with Crippen molar-refractivity contribution < 1.29 is 9.53 Å². The van der Waals surface area contributed by atoms with Crippen LogP contribution >= 0.6 is 22.9 Å². The standard InChI is InChI=1S/C19H14ClN3O2S/c20-13-4-3-5-14(10-13)25-12-18(24)21-16-7-2-1-6-15(16)17-11-23-8-9-26-19(23)22-17/h1-11H,12H2,(H,21,24). The normalized spacial score (nSPS) is 10.8. The van der Waals surface area contributed by atoms with Gasteiger partial charge in [0.25, 0.3) is 5.91 Å². The van der Waals surface area contributed by atoms with E-state index in [2.05, 4.69) is 10.3 Å². The minimum Gasteiger partial charge on any atom is -0.484 e. The van der Waals surface area contributed by atoms with Crippen LogP contribution in [0.25, 0.3) is 16.2 Å². The number of thiazole rings is 1. The number of halogens is 1. The number of hydrogen-bond acceptors (Lipinski definition) is 4. The van der Waals surface area contributed by atoms with Crippen LogP contribution in [0.2, 0.25) is 5.02 Å². The number of para-hydroxylation sites is 1. The first-order chi connectivity index (χ1) is 12.7. The van der Waals surface area contributed by atoms with Crippen molar-refractivity contribution in [3.8, 4) is 17.0 Å². The van der Waals surface area contributed by atoms with Crippen molar-refractivity contribution >= 4 is 39.5 Å². The Balaban J connectivity index is 1.49. The van der Waals surface area contributed by atoms with Crippen LogP contribution in [0, 0.1) is 0 Å². The van der Waals surface area contributed by atoms with Gasteiger partial charge in [-0.2, -0.15) is 0 Å². The van der Waals surface area contributed by atoms with Gasteiger partial charge in [-0.1, -0.05) is 35.9 Å². The van der Waals surface area contributed by atoms with Crippen LogP contribution in [-0.4, -0.2) is 21.9 Å². The highest BCUT2D eigenvalue weighted by molar-refractivity contribution is 7.15. The number of benzene rings is 2. The number of fused-ring (bicyclic) bond motifs is 1. The number of anilines is 1. The Labute approximate surface area is 158 Å². The van der Waals surface area contributed by atoms with Crippen molar-refractivity contribution in [2.24, 2.45) is 0 Å². The predicted molar refractivity (Wildman–Crippen MR) is 104 cm³/mol. The number of imidazole rings is 1. The summed E-state index contributed by atoms with van der Waals surface area (Å²) in [7, 11) is 0. The fraction of sp³-hybridized carbons (Fsp3) is 0.0526. The maximum atomic E-state index is 12.3. The van der Waals surface area contributed by atoms with E-state index in [1.165, 1.54) is 0 Å². The molecule has 0 atom stereocenters. The SMILES string of the molecule is O=C(COc1cccc(Cl)c1)Nc1ccccc1-c1cn2ccsc2n1. The van der Waals surface area contributed by atoms with Gasteiger partial charge in [0.1, 0.15) is 5.75 Å². The second kappa shape index (κ2) is 7.19. The summed E-state index contributed by atoms with van der Waals surface area (Å²) in [5, 5.41) is 5.43. The minimum atomic E-state index is -0.251. The Hall–Kier alpha value is -2.83. The van der Waals surface area contributed by atoms with Crippen LogP contribution < -0.4 is 10.1 Å². The van der Waals surface area contributed by atoms with E-state index in [4.69, 9.17) is 16.3 Å². The highest BCUT2D eigenvalue weighted by Crippen LogP contribution is 2.28. The molecule has 7 heteroatoms. The molecule has 5 nitrogen and oxygen atoms in total. The van der Waals surface area contributed by atoms with Gasteiger partial charge < -0.3 is 10.1 Å². The van der Waals surface area contributed by atoms with Crippen LogP contribution in [-0.2, 0) is 4.79 Å². The van der Waals surface area contributed by atoms with Crippen molar-refractivity contribution in [1.82, 2.24) is 9.38 Å². The van der Waals surface area contributed by atoms with Gasteiger partial charge in [0.2, 0.25) is 0 Å². The zero-order valence-electron chi connectivity index (χ0n) is 13.6. The number of carbonyl (C=O) groups is 1. The third-order valence-electron chi connectivity index (χ3n) is 3.74. The molecule has 1 N–H and O–H groups in total. The Morgan fingerprint density at radius 1 is 1.23 bits per heavy atom. The second-order valence-electron chi connectivity index (χ2n) is 5.56. The molecule has 0 aliphatic heterocycles. The van der Waals surface area contributed by atoms with Crippen LogP contribution in [0.3, 0.4) is 0 Å². The van der Waals surface area contributed by atoms with Crippen LogP contribution in [0.15, 0.2) is 66.3 Å². The molecule has 2 aromatic carbocycles. The molecule has 4 aromatic rings. The number of rotatable bonds is 5. The van der Waals surface area contributed by atoms with E-state index < -0.39 is 0 Å². The van der Waals surface area contributed by atoms with E-state index in [9.17, 15) is 4.79 Å². The lowest BCUT2D eigenvalue weighted by Gasteiger charge is -2.10. The van der Waals surface area contributed by atoms with Crippen LogP contribution in [0.4, 0.5) is 5.69 Å². The van der Waals surface area contributed by atoms with Gasteiger partial charge in [-0.15, -0.1) is 11.3 Å². The lowest BCUT2D eigenvalue weighted by Crippen LogP contribution is -2.20. The van der Waals surface area contributed by atoms with Gasteiger partial charge in [0, 0.05) is 28.4 Å². The molecule has 4 rings (SSSR count). The average molecular weight is 384 g/mol. The van der Waals surface area contributed by atoms with E-state index >= 15 is 0 Å². The molecule has 0 aliphatic rings. The van der Waals surface area contributed by atoms with E-state index in [0.29, 0.717) is 16.5 Å². The largest absolute Gasteiger partial charge is 0.484 e. The molecule has 0 bridgehead atoms. The molecule has 0 unspecified atom stereocenters. The topological polar surface area (TPSA) is 55.6 Å². The first-order valence-corrected chi connectivity index (χ1v) is 9.14. The first kappa shape index (κ1) is 16.6. The number of nitrogens with zero attached hydrogens (tertiary/aromatic N) is 2. The highest BCUT2D eigenvalue weighted by Gasteiger charge is 2.12.